The smallest absolute Gasteiger partial charge is 0.354 e. The van der Waals surface area contributed by atoms with Crippen molar-refractivity contribution >= 4 is 28.5 Å². The van der Waals surface area contributed by atoms with E-state index in [4.69, 9.17) is 16.7 Å². The Balaban J connectivity index is 2.79. The van der Waals surface area contributed by atoms with E-state index in [0.717, 1.165) is 10.9 Å². The first-order valence-electron chi connectivity index (χ1n) is 4.39. The fourth-order valence-corrected chi connectivity index (χ4v) is 1.58. The average Bonchev–Trinajstić information content (AvgIpc) is 2.23. The highest BCUT2D eigenvalue weighted by Crippen LogP contribution is 2.23. The maximum Gasteiger partial charge on any atom is 0.354 e. The van der Waals surface area contributed by atoms with Crippen LogP contribution in [0.1, 0.15) is 16.1 Å². The number of carbonyl (C=O) groups is 1. The zero-order valence-electron chi connectivity index (χ0n) is 7.99. The first-order valence-corrected chi connectivity index (χ1v) is 4.76. The molecule has 2 rings (SSSR count). The summed E-state index contributed by atoms with van der Waals surface area (Å²) in [6, 6.07) is 6.82. The lowest BCUT2D eigenvalue weighted by atomic mass is 10.1. The van der Waals surface area contributed by atoms with E-state index < -0.39 is 5.97 Å². The minimum Gasteiger partial charge on any atom is -0.477 e. The van der Waals surface area contributed by atoms with Crippen molar-refractivity contribution in [1.82, 2.24) is 4.98 Å². The molecule has 0 atom stereocenters. The van der Waals surface area contributed by atoms with Gasteiger partial charge in [-0.15, -0.1) is 0 Å². The Morgan fingerprint density at radius 1 is 1.33 bits per heavy atom. The predicted octanol–water partition coefficient (Wildman–Crippen LogP) is 2.89. The van der Waals surface area contributed by atoms with Gasteiger partial charge in [0.15, 0.2) is 0 Å². The molecule has 0 aliphatic heterocycles. The van der Waals surface area contributed by atoms with Crippen molar-refractivity contribution in [1.29, 1.82) is 0 Å². The van der Waals surface area contributed by atoms with Crippen molar-refractivity contribution < 1.29 is 9.90 Å². The second-order valence-electron chi connectivity index (χ2n) is 3.25. The lowest BCUT2D eigenvalue weighted by Crippen LogP contribution is -2.00. The van der Waals surface area contributed by atoms with Crippen molar-refractivity contribution in [2.75, 3.05) is 0 Å². The SMILES string of the molecule is Cc1c(Cl)ccc2ccc(C(=O)O)nc12. The Morgan fingerprint density at radius 2 is 2.00 bits per heavy atom. The number of rotatable bonds is 1. The van der Waals surface area contributed by atoms with Gasteiger partial charge in [-0.05, 0) is 24.6 Å². The van der Waals surface area contributed by atoms with Gasteiger partial charge in [0.2, 0.25) is 0 Å². The number of benzene rings is 1. The van der Waals surface area contributed by atoms with E-state index in [1.54, 1.807) is 12.1 Å². The summed E-state index contributed by atoms with van der Waals surface area (Å²) in [6.07, 6.45) is 0. The minimum absolute atomic E-state index is 0.0351. The molecule has 0 bridgehead atoms. The lowest BCUT2D eigenvalue weighted by molar-refractivity contribution is 0.0691. The summed E-state index contributed by atoms with van der Waals surface area (Å²) in [5.41, 5.74) is 1.48. The van der Waals surface area contributed by atoms with Gasteiger partial charge in [0.1, 0.15) is 5.69 Å². The minimum atomic E-state index is -1.03. The van der Waals surface area contributed by atoms with Crippen LogP contribution in [0.2, 0.25) is 5.02 Å². The topological polar surface area (TPSA) is 50.2 Å². The largest absolute Gasteiger partial charge is 0.477 e. The zero-order chi connectivity index (χ0) is 11.0. The highest BCUT2D eigenvalue weighted by Gasteiger charge is 2.08. The molecule has 76 valence electrons. The Bertz CT molecular complexity index is 552. The fraction of sp³-hybridized carbons (Fsp3) is 0.0909. The molecule has 0 saturated carbocycles. The Morgan fingerprint density at radius 3 is 2.67 bits per heavy atom. The lowest BCUT2D eigenvalue weighted by Gasteiger charge is -2.04. The van der Waals surface area contributed by atoms with Gasteiger partial charge in [-0.25, -0.2) is 9.78 Å². The molecule has 4 heteroatoms. The van der Waals surface area contributed by atoms with E-state index >= 15 is 0 Å². The van der Waals surface area contributed by atoms with Crippen LogP contribution in [0.15, 0.2) is 24.3 Å². The van der Waals surface area contributed by atoms with E-state index in [1.807, 2.05) is 13.0 Å². The number of hydrogen-bond acceptors (Lipinski definition) is 2. The van der Waals surface area contributed by atoms with E-state index in [0.29, 0.717) is 10.5 Å². The first kappa shape index (κ1) is 9.93. The summed E-state index contributed by atoms with van der Waals surface area (Å²) in [5, 5.41) is 10.3. The Hall–Kier alpha value is -1.61. The molecule has 0 aliphatic carbocycles. The number of aromatic nitrogens is 1. The number of pyridine rings is 1. The Labute approximate surface area is 91.3 Å². The molecule has 15 heavy (non-hydrogen) atoms. The number of carboxylic acids is 1. The highest BCUT2D eigenvalue weighted by molar-refractivity contribution is 6.32. The maximum absolute atomic E-state index is 10.7. The van der Waals surface area contributed by atoms with Crippen LogP contribution in [0.4, 0.5) is 0 Å². The molecule has 0 amide bonds. The number of aryl methyl sites for hydroxylation is 1. The quantitative estimate of drug-likeness (QED) is 0.806. The molecule has 3 nitrogen and oxygen atoms in total. The van der Waals surface area contributed by atoms with Gasteiger partial charge >= 0.3 is 5.97 Å². The molecule has 0 aliphatic rings. The third kappa shape index (κ3) is 1.66. The van der Waals surface area contributed by atoms with Crippen LogP contribution in [0.25, 0.3) is 10.9 Å². The van der Waals surface area contributed by atoms with Crippen molar-refractivity contribution in [2.45, 2.75) is 6.92 Å². The molecule has 0 radical (unpaired) electrons. The Kier molecular flexibility index (Phi) is 2.32. The molecule has 1 aromatic carbocycles. The van der Waals surface area contributed by atoms with Gasteiger partial charge in [-0.3, -0.25) is 0 Å². The normalized spacial score (nSPS) is 10.5. The highest BCUT2D eigenvalue weighted by atomic mass is 35.5. The van der Waals surface area contributed by atoms with Crippen LogP contribution in [0, 0.1) is 6.92 Å². The molecule has 2 aromatic rings. The van der Waals surface area contributed by atoms with Crippen molar-refractivity contribution in [3.8, 4) is 0 Å². The van der Waals surface area contributed by atoms with Crippen LogP contribution in [-0.2, 0) is 0 Å². The summed E-state index contributed by atoms with van der Waals surface area (Å²) in [5.74, 6) is -1.03. The van der Waals surface area contributed by atoms with E-state index in [9.17, 15) is 4.79 Å². The van der Waals surface area contributed by atoms with Gasteiger partial charge in [-0.1, -0.05) is 23.7 Å². The van der Waals surface area contributed by atoms with Crippen LogP contribution < -0.4 is 0 Å². The van der Waals surface area contributed by atoms with Crippen molar-refractivity contribution in [3.63, 3.8) is 0 Å². The van der Waals surface area contributed by atoms with E-state index in [-0.39, 0.29) is 5.69 Å². The zero-order valence-corrected chi connectivity index (χ0v) is 8.75. The summed E-state index contributed by atoms with van der Waals surface area (Å²) >= 11 is 5.93. The predicted molar refractivity (Wildman–Crippen MR) is 58.4 cm³/mol. The number of hydrogen-bond donors (Lipinski definition) is 1. The van der Waals surface area contributed by atoms with Gasteiger partial charge in [0.05, 0.1) is 5.52 Å². The standard InChI is InChI=1S/C11H8ClNO2/c1-6-8(12)4-2-7-3-5-9(11(14)15)13-10(6)7/h2-5H,1H3,(H,14,15). The van der Waals surface area contributed by atoms with Crippen molar-refractivity contribution in [3.05, 3.63) is 40.5 Å². The van der Waals surface area contributed by atoms with E-state index in [2.05, 4.69) is 4.98 Å². The molecule has 1 aromatic heterocycles. The molecule has 0 fully saturated rings. The second kappa shape index (κ2) is 3.51. The van der Waals surface area contributed by atoms with Gasteiger partial charge in [0, 0.05) is 10.4 Å². The number of halogens is 1. The molecule has 0 saturated heterocycles. The van der Waals surface area contributed by atoms with Gasteiger partial charge in [-0.2, -0.15) is 0 Å². The van der Waals surface area contributed by atoms with Crippen LogP contribution in [0.3, 0.4) is 0 Å². The molecule has 0 unspecified atom stereocenters. The third-order valence-corrected chi connectivity index (χ3v) is 2.68. The molecular weight excluding hydrogens is 214 g/mol. The summed E-state index contributed by atoms with van der Waals surface area (Å²) < 4.78 is 0. The maximum atomic E-state index is 10.7. The van der Waals surface area contributed by atoms with Gasteiger partial charge in [0.25, 0.3) is 0 Å². The summed E-state index contributed by atoms with van der Waals surface area (Å²) in [7, 11) is 0. The number of aromatic carboxylic acids is 1. The van der Waals surface area contributed by atoms with Crippen LogP contribution in [-0.4, -0.2) is 16.1 Å². The monoisotopic (exact) mass is 221 g/mol. The summed E-state index contributed by atoms with van der Waals surface area (Å²) in [4.78, 5) is 14.8. The number of nitrogens with zero attached hydrogens (tertiary/aromatic N) is 1. The average molecular weight is 222 g/mol. The molecule has 1 N–H and O–H groups in total. The van der Waals surface area contributed by atoms with Crippen LogP contribution in [0.5, 0.6) is 0 Å². The van der Waals surface area contributed by atoms with E-state index in [1.165, 1.54) is 6.07 Å². The fourth-order valence-electron chi connectivity index (χ4n) is 1.42. The summed E-state index contributed by atoms with van der Waals surface area (Å²) in [6.45, 7) is 1.82. The molecule has 0 spiro atoms. The molecular formula is C11H8ClNO2. The van der Waals surface area contributed by atoms with Crippen LogP contribution >= 0.6 is 11.6 Å². The third-order valence-electron chi connectivity index (χ3n) is 2.27. The first-order chi connectivity index (χ1) is 7.09. The van der Waals surface area contributed by atoms with Crippen molar-refractivity contribution in [2.24, 2.45) is 0 Å². The van der Waals surface area contributed by atoms with Gasteiger partial charge < -0.3 is 5.11 Å². The second-order valence-corrected chi connectivity index (χ2v) is 3.65. The molecule has 1 heterocycles. The number of fused-ring (bicyclic) bond motifs is 1. The number of carboxylic acid groups (broad SMARTS) is 1.